The lowest BCUT2D eigenvalue weighted by Crippen LogP contribution is -2.16. The Hall–Kier alpha value is -2.60. The number of aryl methyl sites for hydroxylation is 2. The van der Waals surface area contributed by atoms with Crippen molar-refractivity contribution in [2.75, 3.05) is 11.1 Å². The number of hydrogen-bond acceptors (Lipinski definition) is 4. The Morgan fingerprint density at radius 2 is 1.67 bits per heavy atom. The fourth-order valence-electron chi connectivity index (χ4n) is 3.33. The third-order valence-corrected chi connectivity index (χ3v) is 6.09. The minimum Gasteiger partial charge on any atom is -0.325 e. The van der Waals surface area contributed by atoms with Crippen molar-refractivity contribution in [3.05, 3.63) is 59.2 Å². The predicted octanol–water partition coefficient (Wildman–Crippen LogP) is 5.61. The summed E-state index contributed by atoms with van der Waals surface area (Å²) in [6.45, 7) is 13.4. The number of thioether (sulfide) groups is 1. The van der Waals surface area contributed by atoms with Gasteiger partial charge in [0.15, 0.2) is 11.0 Å². The number of aromatic nitrogens is 3. The fraction of sp³-hybridized carbons (Fsp3) is 0.375. The Kier molecular flexibility index (Phi) is 6.66. The lowest BCUT2D eigenvalue weighted by atomic mass is 9.87. The van der Waals surface area contributed by atoms with Crippen LogP contribution >= 0.6 is 11.8 Å². The number of carbonyl (C=O) groups excluding carboxylic acids is 1. The molecule has 158 valence electrons. The van der Waals surface area contributed by atoms with Crippen molar-refractivity contribution in [3.8, 4) is 11.4 Å². The van der Waals surface area contributed by atoms with E-state index in [2.05, 4.69) is 72.0 Å². The molecule has 0 aliphatic carbocycles. The van der Waals surface area contributed by atoms with E-state index in [1.165, 1.54) is 17.3 Å². The van der Waals surface area contributed by atoms with Crippen molar-refractivity contribution in [1.82, 2.24) is 14.8 Å². The zero-order chi connectivity index (χ0) is 21.9. The van der Waals surface area contributed by atoms with E-state index in [9.17, 15) is 4.79 Å². The molecule has 30 heavy (non-hydrogen) atoms. The summed E-state index contributed by atoms with van der Waals surface area (Å²) >= 11 is 1.41. The third-order valence-electron chi connectivity index (χ3n) is 5.12. The van der Waals surface area contributed by atoms with Gasteiger partial charge in [-0.2, -0.15) is 0 Å². The molecule has 0 aliphatic rings. The van der Waals surface area contributed by atoms with E-state index in [-0.39, 0.29) is 17.1 Å². The van der Waals surface area contributed by atoms with Gasteiger partial charge in [0.25, 0.3) is 0 Å². The summed E-state index contributed by atoms with van der Waals surface area (Å²) in [7, 11) is 0. The van der Waals surface area contributed by atoms with Gasteiger partial charge in [0, 0.05) is 17.8 Å². The summed E-state index contributed by atoms with van der Waals surface area (Å²) < 4.78 is 2.06. The second-order valence-electron chi connectivity index (χ2n) is 8.48. The minimum atomic E-state index is -0.0425. The van der Waals surface area contributed by atoms with E-state index >= 15 is 0 Å². The van der Waals surface area contributed by atoms with Crippen LogP contribution < -0.4 is 5.32 Å². The molecule has 1 aromatic heterocycles. The van der Waals surface area contributed by atoms with E-state index in [4.69, 9.17) is 0 Å². The third kappa shape index (κ3) is 4.93. The van der Waals surface area contributed by atoms with E-state index in [0.29, 0.717) is 0 Å². The molecule has 0 aliphatic heterocycles. The summed E-state index contributed by atoms with van der Waals surface area (Å²) in [5.74, 6) is 1.07. The molecule has 0 saturated heterocycles. The normalized spacial score (nSPS) is 11.5. The molecule has 0 unspecified atom stereocenters. The number of benzene rings is 2. The van der Waals surface area contributed by atoms with Gasteiger partial charge in [0.1, 0.15) is 0 Å². The maximum absolute atomic E-state index is 12.5. The van der Waals surface area contributed by atoms with Crippen molar-refractivity contribution in [1.29, 1.82) is 0 Å². The first-order valence-electron chi connectivity index (χ1n) is 10.2. The van der Waals surface area contributed by atoms with Gasteiger partial charge in [0.05, 0.1) is 5.75 Å². The number of anilines is 1. The number of amides is 1. The summed E-state index contributed by atoms with van der Waals surface area (Å²) in [5, 5.41) is 12.5. The van der Waals surface area contributed by atoms with Gasteiger partial charge < -0.3 is 9.88 Å². The lowest BCUT2D eigenvalue weighted by molar-refractivity contribution is -0.113. The van der Waals surface area contributed by atoms with Crippen LogP contribution in [-0.2, 0) is 16.8 Å². The van der Waals surface area contributed by atoms with Gasteiger partial charge in [0.2, 0.25) is 5.91 Å². The van der Waals surface area contributed by atoms with Gasteiger partial charge in [-0.15, -0.1) is 10.2 Å². The average Bonchev–Trinajstić information content (AvgIpc) is 3.11. The smallest absolute Gasteiger partial charge is 0.234 e. The second-order valence-corrected chi connectivity index (χ2v) is 9.42. The van der Waals surface area contributed by atoms with Crippen LogP contribution in [0, 0.1) is 13.8 Å². The van der Waals surface area contributed by atoms with Crippen LogP contribution in [0.1, 0.15) is 44.4 Å². The Morgan fingerprint density at radius 3 is 2.23 bits per heavy atom. The van der Waals surface area contributed by atoms with Crippen molar-refractivity contribution < 1.29 is 4.79 Å². The Morgan fingerprint density at radius 1 is 1.03 bits per heavy atom. The molecule has 1 N–H and O–H groups in total. The van der Waals surface area contributed by atoms with Crippen LogP contribution in [0.5, 0.6) is 0 Å². The van der Waals surface area contributed by atoms with Crippen molar-refractivity contribution >= 4 is 23.4 Å². The first kappa shape index (κ1) is 22.1. The zero-order valence-corrected chi connectivity index (χ0v) is 19.4. The molecule has 5 nitrogen and oxygen atoms in total. The molecule has 3 rings (SSSR count). The molecule has 1 amide bonds. The SMILES string of the molecule is CCn1c(SCC(=O)Nc2c(C)cccc2C)nnc1-c1ccc(C(C)(C)C)cc1. The van der Waals surface area contributed by atoms with Crippen molar-refractivity contribution in [2.45, 2.75) is 58.7 Å². The van der Waals surface area contributed by atoms with E-state index < -0.39 is 0 Å². The first-order valence-corrected chi connectivity index (χ1v) is 11.2. The molecule has 0 saturated carbocycles. The molecule has 0 radical (unpaired) electrons. The highest BCUT2D eigenvalue weighted by atomic mass is 32.2. The zero-order valence-electron chi connectivity index (χ0n) is 18.6. The van der Waals surface area contributed by atoms with Crippen LogP contribution in [0.15, 0.2) is 47.6 Å². The summed E-state index contributed by atoms with van der Waals surface area (Å²) in [4.78, 5) is 12.5. The molecule has 0 atom stereocenters. The topological polar surface area (TPSA) is 59.8 Å². The molecule has 0 spiro atoms. The highest BCUT2D eigenvalue weighted by Gasteiger charge is 2.17. The lowest BCUT2D eigenvalue weighted by Gasteiger charge is -2.19. The molecule has 1 heterocycles. The quantitative estimate of drug-likeness (QED) is 0.525. The maximum Gasteiger partial charge on any atom is 0.234 e. The number of hydrogen-bond donors (Lipinski definition) is 1. The maximum atomic E-state index is 12.5. The molecular weight excluding hydrogens is 392 g/mol. The number of nitrogens with one attached hydrogen (secondary N) is 1. The van der Waals surface area contributed by atoms with E-state index in [1.54, 1.807) is 0 Å². The van der Waals surface area contributed by atoms with Gasteiger partial charge in [-0.25, -0.2) is 0 Å². The Labute approximate surface area is 183 Å². The predicted molar refractivity (Wildman–Crippen MR) is 125 cm³/mol. The van der Waals surface area contributed by atoms with Crippen LogP contribution in [0.25, 0.3) is 11.4 Å². The monoisotopic (exact) mass is 422 g/mol. The largest absolute Gasteiger partial charge is 0.325 e. The van der Waals surface area contributed by atoms with Gasteiger partial charge >= 0.3 is 0 Å². The number of carbonyl (C=O) groups is 1. The molecule has 3 aromatic rings. The van der Waals surface area contributed by atoms with E-state index in [1.807, 2.05) is 32.0 Å². The van der Waals surface area contributed by atoms with Crippen LogP contribution in [0.2, 0.25) is 0 Å². The highest BCUT2D eigenvalue weighted by molar-refractivity contribution is 7.99. The summed E-state index contributed by atoms with van der Waals surface area (Å²) in [5.41, 5.74) is 5.44. The standard InChI is InChI=1S/C24H30N4OS/c1-7-28-22(18-11-13-19(14-12-18)24(4,5)6)26-27-23(28)30-15-20(29)25-21-16(2)9-8-10-17(21)3/h8-14H,7,15H2,1-6H3,(H,25,29). The molecule has 6 heteroatoms. The molecule has 0 bridgehead atoms. The Balaban J connectivity index is 1.72. The summed E-state index contributed by atoms with van der Waals surface area (Å²) in [6.07, 6.45) is 0. The molecular formula is C24H30N4OS. The highest BCUT2D eigenvalue weighted by Crippen LogP contribution is 2.28. The molecule has 2 aromatic carbocycles. The minimum absolute atomic E-state index is 0.0425. The fourth-order valence-corrected chi connectivity index (χ4v) is 4.13. The van der Waals surface area contributed by atoms with E-state index in [0.717, 1.165) is 39.9 Å². The van der Waals surface area contributed by atoms with Crippen LogP contribution in [-0.4, -0.2) is 26.4 Å². The van der Waals surface area contributed by atoms with Gasteiger partial charge in [-0.05, 0) is 42.9 Å². The van der Waals surface area contributed by atoms with Crippen molar-refractivity contribution in [3.63, 3.8) is 0 Å². The van der Waals surface area contributed by atoms with Gasteiger partial charge in [-0.1, -0.05) is 75.0 Å². The number of rotatable bonds is 6. The van der Waals surface area contributed by atoms with Crippen molar-refractivity contribution in [2.24, 2.45) is 0 Å². The Bertz CT molecular complexity index is 1010. The average molecular weight is 423 g/mol. The van der Waals surface area contributed by atoms with Gasteiger partial charge in [-0.3, -0.25) is 4.79 Å². The van der Waals surface area contributed by atoms with Crippen LogP contribution in [0.4, 0.5) is 5.69 Å². The molecule has 0 fully saturated rings. The van der Waals surface area contributed by atoms with Crippen LogP contribution in [0.3, 0.4) is 0 Å². The second kappa shape index (κ2) is 9.04. The number of nitrogens with zero attached hydrogens (tertiary/aromatic N) is 3. The first-order chi connectivity index (χ1) is 14.2. The summed E-state index contributed by atoms with van der Waals surface area (Å²) in [6, 6.07) is 14.5. The number of para-hydroxylation sites is 1.